The van der Waals surface area contributed by atoms with Gasteiger partial charge in [-0.1, -0.05) is 19.3 Å². The maximum atomic E-state index is 11.2. The summed E-state index contributed by atoms with van der Waals surface area (Å²) in [5, 5.41) is 19.6. The van der Waals surface area contributed by atoms with Crippen LogP contribution in [-0.2, 0) is 9.53 Å². The van der Waals surface area contributed by atoms with E-state index >= 15 is 0 Å². The third-order valence-electron chi connectivity index (χ3n) is 4.03. The van der Waals surface area contributed by atoms with Crippen molar-refractivity contribution in [3.8, 4) is 0 Å². The third kappa shape index (κ3) is 1.56. The van der Waals surface area contributed by atoms with Crippen molar-refractivity contribution in [2.24, 2.45) is 5.41 Å². The average molecular weight is 214 g/mol. The molecule has 0 bridgehead atoms. The summed E-state index contributed by atoms with van der Waals surface area (Å²) >= 11 is 0. The van der Waals surface area contributed by atoms with Gasteiger partial charge in [0, 0.05) is 18.4 Å². The Balaban J connectivity index is 2.28. The molecule has 1 aliphatic carbocycles. The van der Waals surface area contributed by atoms with Crippen LogP contribution in [0.15, 0.2) is 0 Å². The molecule has 1 aliphatic heterocycles. The van der Waals surface area contributed by atoms with Crippen LogP contribution in [-0.4, -0.2) is 35.0 Å². The molecule has 0 radical (unpaired) electrons. The highest BCUT2D eigenvalue weighted by molar-refractivity contribution is 5.78. The molecule has 2 N–H and O–H groups in total. The molecule has 2 rings (SSSR count). The number of rotatable bonds is 1. The molecule has 1 unspecified atom stereocenters. The number of aliphatic hydroxyl groups is 1. The third-order valence-corrected chi connectivity index (χ3v) is 4.03. The Labute approximate surface area is 89.2 Å². The molecule has 1 atom stereocenters. The lowest BCUT2D eigenvalue weighted by molar-refractivity contribution is -0.209. The average Bonchev–Trinajstić information content (AvgIpc) is 2.24. The van der Waals surface area contributed by atoms with E-state index in [1.807, 2.05) is 0 Å². The molecule has 1 saturated heterocycles. The fourth-order valence-corrected chi connectivity index (χ4v) is 2.99. The monoisotopic (exact) mass is 214 g/mol. The standard InChI is InChI=1S/C11H18O4/c12-9(13)11(14)6-7-15-8-10(11)4-2-1-3-5-10/h14H,1-8H2,(H,12,13). The predicted molar refractivity (Wildman–Crippen MR) is 53.5 cm³/mol. The minimum Gasteiger partial charge on any atom is -0.479 e. The van der Waals surface area contributed by atoms with E-state index < -0.39 is 17.0 Å². The zero-order chi connectivity index (χ0) is 10.9. The van der Waals surface area contributed by atoms with Gasteiger partial charge in [0.05, 0.1) is 6.61 Å². The Morgan fingerprint density at radius 3 is 2.40 bits per heavy atom. The lowest BCUT2D eigenvalue weighted by Gasteiger charge is -2.49. The fraction of sp³-hybridized carbons (Fsp3) is 0.909. The van der Waals surface area contributed by atoms with Crippen LogP contribution < -0.4 is 0 Å². The van der Waals surface area contributed by atoms with E-state index in [0.29, 0.717) is 13.2 Å². The van der Waals surface area contributed by atoms with Crippen molar-refractivity contribution in [3.63, 3.8) is 0 Å². The van der Waals surface area contributed by atoms with Gasteiger partial charge in [0.15, 0.2) is 5.60 Å². The van der Waals surface area contributed by atoms with E-state index in [2.05, 4.69) is 0 Å². The first-order chi connectivity index (χ1) is 7.11. The maximum absolute atomic E-state index is 11.2. The van der Waals surface area contributed by atoms with Crippen LogP contribution in [0.5, 0.6) is 0 Å². The van der Waals surface area contributed by atoms with E-state index in [-0.39, 0.29) is 6.42 Å². The molecule has 15 heavy (non-hydrogen) atoms. The zero-order valence-corrected chi connectivity index (χ0v) is 8.87. The van der Waals surface area contributed by atoms with E-state index in [1.165, 1.54) is 0 Å². The van der Waals surface area contributed by atoms with E-state index in [9.17, 15) is 15.0 Å². The quantitative estimate of drug-likeness (QED) is 0.687. The number of hydrogen-bond acceptors (Lipinski definition) is 3. The van der Waals surface area contributed by atoms with E-state index in [4.69, 9.17) is 4.74 Å². The molecular weight excluding hydrogens is 196 g/mol. The van der Waals surface area contributed by atoms with Crippen molar-refractivity contribution in [2.45, 2.75) is 44.1 Å². The highest BCUT2D eigenvalue weighted by Crippen LogP contribution is 2.48. The molecular formula is C11H18O4. The Bertz CT molecular complexity index is 249. The van der Waals surface area contributed by atoms with Gasteiger partial charge in [-0.15, -0.1) is 0 Å². The molecule has 86 valence electrons. The van der Waals surface area contributed by atoms with Gasteiger partial charge in [0.1, 0.15) is 0 Å². The first-order valence-electron chi connectivity index (χ1n) is 5.64. The van der Waals surface area contributed by atoms with Gasteiger partial charge in [0.25, 0.3) is 0 Å². The summed E-state index contributed by atoms with van der Waals surface area (Å²) in [5.41, 5.74) is -2.10. The van der Waals surface area contributed by atoms with E-state index in [0.717, 1.165) is 32.1 Å². The molecule has 1 spiro atoms. The fourth-order valence-electron chi connectivity index (χ4n) is 2.99. The Morgan fingerprint density at radius 1 is 1.13 bits per heavy atom. The topological polar surface area (TPSA) is 66.8 Å². The number of hydrogen-bond donors (Lipinski definition) is 2. The highest BCUT2D eigenvalue weighted by atomic mass is 16.5. The molecule has 2 aliphatic rings. The van der Waals surface area contributed by atoms with Gasteiger partial charge in [-0.2, -0.15) is 0 Å². The summed E-state index contributed by atoms with van der Waals surface area (Å²) in [6.07, 6.45) is 4.91. The Hall–Kier alpha value is -0.610. The van der Waals surface area contributed by atoms with Crippen molar-refractivity contribution >= 4 is 5.97 Å². The Kier molecular flexibility index (Phi) is 2.73. The van der Waals surface area contributed by atoms with Gasteiger partial charge in [-0.05, 0) is 12.8 Å². The molecule has 1 heterocycles. The number of aliphatic carboxylic acids is 1. The summed E-state index contributed by atoms with van der Waals surface area (Å²) in [4.78, 5) is 11.2. The summed E-state index contributed by atoms with van der Waals surface area (Å²) in [7, 11) is 0. The van der Waals surface area contributed by atoms with Gasteiger partial charge in [-0.25, -0.2) is 4.79 Å². The Morgan fingerprint density at radius 2 is 1.80 bits per heavy atom. The predicted octanol–water partition coefficient (Wildman–Crippen LogP) is 1.17. The van der Waals surface area contributed by atoms with Gasteiger partial charge in [0.2, 0.25) is 0 Å². The van der Waals surface area contributed by atoms with Crippen LogP contribution in [0, 0.1) is 5.41 Å². The molecule has 1 saturated carbocycles. The first kappa shape index (κ1) is 10.9. The van der Waals surface area contributed by atoms with Gasteiger partial charge < -0.3 is 14.9 Å². The lowest BCUT2D eigenvalue weighted by Crippen LogP contribution is -2.60. The van der Waals surface area contributed by atoms with Crippen molar-refractivity contribution in [3.05, 3.63) is 0 Å². The summed E-state index contributed by atoms with van der Waals surface area (Å²) in [6.45, 7) is 0.750. The van der Waals surface area contributed by atoms with Crippen LogP contribution in [0.2, 0.25) is 0 Å². The summed E-state index contributed by atoms with van der Waals surface area (Å²) < 4.78 is 5.39. The summed E-state index contributed by atoms with van der Waals surface area (Å²) in [5.74, 6) is -1.08. The minimum absolute atomic E-state index is 0.225. The van der Waals surface area contributed by atoms with Crippen LogP contribution in [0.1, 0.15) is 38.5 Å². The molecule has 0 amide bonds. The summed E-state index contributed by atoms with van der Waals surface area (Å²) in [6, 6.07) is 0. The number of ether oxygens (including phenoxy) is 1. The lowest BCUT2D eigenvalue weighted by atomic mass is 9.61. The smallest absolute Gasteiger partial charge is 0.336 e. The second-order valence-corrected chi connectivity index (χ2v) is 4.81. The number of carboxylic acid groups (broad SMARTS) is 1. The maximum Gasteiger partial charge on any atom is 0.336 e. The minimum atomic E-state index is -1.56. The normalized spacial score (nSPS) is 35.3. The van der Waals surface area contributed by atoms with Gasteiger partial charge >= 0.3 is 5.97 Å². The van der Waals surface area contributed by atoms with Crippen LogP contribution in [0.25, 0.3) is 0 Å². The molecule has 4 nitrogen and oxygen atoms in total. The number of carbonyl (C=O) groups is 1. The van der Waals surface area contributed by atoms with Crippen LogP contribution in [0.4, 0.5) is 0 Å². The SMILES string of the molecule is O=C(O)C1(O)CCOCC12CCCCC2. The second-order valence-electron chi connectivity index (χ2n) is 4.81. The second kappa shape index (κ2) is 3.76. The highest BCUT2D eigenvalue weighted by Gasteiger charge is 2.57. The molecule has 0 aromatic rings. The van der Waals surface area contributed by atoms with E-state index in [1.54, 1.807) is 0 Å². The molecule has 4 heteroatoms. The molecule has 0 aromatic carbocycles. The van der Waals surface area contributed by atoms with Crippen molar-refractivity contribution in [2.75, 3.05) is 13.2 Å². The van der Waals surface area contributed by atoms with Crippen LogP contribution in [0.3, 0.4) is 0 Å². The molecule has 2 fully saturated rings. The van der Waals surface area contributed by atoms with Crippen molar-refractivity contribution in [1.29, 1.82) is 0 Å². The van der Waals surface area contributed by atoms with Crippen molar-refractivity contribution < 1.29 is 19.7 Å². The zero-order valence-electron chi connectivity index (χ0n) is 8.87. The molecule has 0 aromatic heterocycles. The largest absolute Gasteiger partial charge is 0.479 e. The van der Waals surface area contributed by atoms with Crippen LogP contribution >= 0.6 is 0 Å². The van der Waals surface area contributed by atoms with Crippen molar-refractivity contribution in [1.82, 2.24) is 0 Å². The van der Waals surface area contributed by atoms with Gasteiger partial charge in [-0.3, -0.25) is 0 Å². The first-order valence-corrected chi connectivity index (χ1v) is 5.64. The number of carboxylic acids is 1.